The third-order valence-corrected chi connectivity index (χ3v) is 5.62. The summed E-state index contributed by atoms with van der Waals surface area (Å²) in [5.41, 5.74) is 2.14. The molecule has 0 spiro atoms. The smallest absolute Gasteiger partial charge is 0.248 e. The zero-order valence-corrected chi connectivity index (χ0v) is 18.5. The maximum Gasteiger partial charge on any atom is 0.248 e. The summed E-state index contributed by atoms with van der Waals surface area (Å²) < 4.78 is 0. The summed E-state index contributed by atoms with van der Waals surface area (Å²) in [5.74, 6) is -0.372. The predicted molar refractivity (Wildman–Crippen MR) is 119 cm³/mol. The Hall–Kier alpha value is -2.28. The molecule has 1 atom stereocenters. The lowest BCUT2D eigenvalue weighted by Gasteiger charge is -2.12. The van der Waals surface area contributed by atoms with Crippen LogP contribution in [0.1, 0.15) is 70.8 Å². The second-order valence-corrected chi connectivity index (χ2v) is 8.41. The molecule has 2 rings (SSSR count). The molecular weight excluding hydrogens is 384 g/mol. The molecule has 0 fully saturated rings. The van der Waals surface area contributed by atoms with Crippen LogP contribution in [-0.4, -0.2) is 28.1 Å². The van der Waals surface area contributed by atoms with Gasteiger partial charge in [-0.05, 0) is 20.3 Å². The lowest BCUT2D eigenvalue weighted by molar-refractivity contribution is -0.126. The molecule has 0 aliphatic rings. The number of amides is 2. The molecule has 2 N–H and O–H groups in total. The number of hydrogen-bond donors (Lipinski definition) is 2. The molecule has 0 saturated carbocycles. The fourth-order valence-corrected chi connectivity index (χ4v) is 3.67. The standard InChI is InChI=1S/C22H32N4O2S/c1-4-5-6-7-8-9-10-11-19(27)23-17(3)20(28)24-22-26-25-21(29-22)18-14-12-16(2)13-15-18/h12-15,17H,4-11H2,1-3H3,(H,23,27)(H,24,26,28). The first-order valence-corrected chi connectivity index (χ1v) is 11.3. The number of nitrogens with zero attached hydrogens (tertiary/aromatic N) is 2. The van der Waals surface area contributed by atoms with Crippen molar-refractivity contribution in [2.24, 2.45) is 0 Å². The Labute approximate surface area is 177 Å². The first-order valence-electron chi connectivity index (χ1n) is 10.5. The minimum absolute atomic E-state index is 0.0844. The van der Waals surface area contributed by atoms with Gasteiger partial charge < -0.3 is 5.32 Å². The van der Waals surface area contributed by atoms with Gasteiger partial charge in [0, 0.05) is 12.0 Å². The summed E-state index contributed by atoms with van der Waals surface area (Å²) in [7, 11) is 0. The Balaban J connectivity index is 1.70. The minimum atomic E-state index is -0.612. The lowest BCUT2D eigenvalue weighted by atomic mass is 10.1. The molecular formula is C22H32N4O2S. The van der Waals surface area contributed by atoms with E-state index >= 15 is 0 Å². The maximum absolute atomic E-state index is 12.3. The third kappa shape index (κ3) is 8.31. The van der Waals surface area contributed by atoms with Crippen LogP contribution in [0.3, 0.4) is 0 Å². The van der Waals surface area contributed by atoms with Crippen LogP contribution in [0.15, 0.2) is 24.3 Å². The van der Waals surface area contributed by atoms with Gasteiger partial charge in [0.15, 0.2) is 0 Å². The van der Waals surface area contributed by atoms with Crippen molar-refractivity contribution >= 4 is 28.3 Å². The van der Waals surface area contributed by atoms with E-state index in [-0.39, 0.29) is 11.8 Å². The predicted octanol–water partition coefficient (Wildman–Crippen LogP) is 5.10. The van der Waals surface area contributed by atoms with E-state index in [9.17, 15) is 9.59 Å². The fraction of sp³-hybridized carbons (Fsp3) is 0.545. The Morgan fingerprint density at radius 1 is 1.00 bits per heavy atom. The Bertz CT molecular complexity index is 773. The summed E-state index contributed by atoms with van der Waals surface area (Å²) >= 11 is 1.31. The number of aryl methyl sites for hydroxylation is 1. The Morgan fingerprint density at radius 2 is 1.66 bits per heavy atom. The zero-order chi connectivity index (χ0) is 21.1. The number of carbonyl (C=O) groups is 2. The van der Waals surface area contributed by atoms with Gasteiger partial charge in [0.1, 0.15) is 11.0 Å². The highest BCUT2D eigenvalue weighted by molar-refractivity contribution is 7.18. The quantitative estimate of drug-likeness (QED) is 0.472. The highest BCUT2D eigenvalue weighted by Crippen LogP contribution is 2.26. The van der Waals surface area contributed by atoms with Crippen LogP contribution in [0.4, 0.5) is 5.13 Å². The van der Waals surface area contributed by atoms with Gasteiger partial charge in [-0.25, -0.2) is 0 Å². The third-order valence-electron chi connectivity index (χ3n) is 4.73. The average molecular weight is 417 g/mol. The topological polar surface area (TPSA) is 84.0 Å². The van der Waals surface area contributed by atoms with Crippen LogP contribution in [-0.2, 0) is 9.59 Å². The number of anilines is 1. The molecule has 0 bridgehead atoms. The molecule has 2 aromatic rings. The SMILES string of the molecule is CCCCCCCCCC(=O)NC(C)C(=O)Nc1nnc(-c2ccc(C)cc2)s1. The second kappa shape index (κ2) is 12.3. The normalized spacial score (nSPS) is 11.8. The van der Waals surface area contributed by atoms with Gasteiger partial charge in [-0.2, -0.15) is 0 Å². The number of hydrogen-bond acceptors (Lipinski definition) is 5. The molecule has 0 aliphatic heterocycles. The van der Waals surface area contributed by atoms with E-state index in [2.05, 4.69) is 27.8 Å². The minimum Gasteiger partial charge on any atom is -0.345 e. The van der Waals surface area contributed by atoms with E-state index in [1.165, 1.54) is 49.0 Å². The number of benzene rings is 1. The summed E-state index contributed by atoms with van der Waals surface area (Å²) in [5, 5.41) is 14.8. The molecule has 1 aromatic heterocycles. The molecule has 6 nitrogen and oxygen atoms in total. The van der Waals surface area contributed by atoms with Crippen molar-refractivity contribution in [2.75, 3.05) is 5.32 Å². The van der Waals surface area contributed by atoms with Crippen molar-refractivity contribution in [3.63, 3.8) is 0 Å². The Morgan fingerprint density at radius 3 is 2.34 bits per heavy atom. The van der Waals surface area contributed by atoms with Gasteiger partial charge in [-0.3, -0.25) is 14.9 Å². The van der Waals surface area contributed by atoms with E-state index in [1.54, 1.807) is 6.92 Å². The molecule has 29 heavy (non-hydrogen) atoms. The molecule has 2 amide bonds. The van der Waals surface area contributed by atoms with Gasteiger partial charge in [-0.15, -0.1) is 10.2 Å². The van der Waals surface area contributed by atoms with Crippen molar-refractivity contribution in [1.82, 2.24) is 15.5 Å². The molecule has 0 aliphatic carbocycles. The van der Waals surface area contributed by atoms with Crippen LogP contribution < -0.4 is 10.6 Å². The van der Waals surface area contributed by atoms with Crippen molar-refractivity contribution in [3.8, 4) is 10.6 Å². The molecule has 7 heteroatoms. The molecule has 0 radical (unpaired) electrons. The molecule has 0 saturated heterocycles. The van der Waals surface area contributed by atoms with Crippen molar-refractivity contribution < 1.29 is 9.59 Å². The van der Waals surface area contributed by atoms with Crippen molar-refractivity contribution in [1.29, 1.82) is 0 Å². The monoisotopic (exact) mass is 416 g/mol. The molecule has 158 valence electrons. The zero-order valence-electron chi connectivity index (χ0n) is 17.7. The van der Waals surface area contributed by atoms with Gasteiger partial charge in [0.25, 0.3) is 0 Å². The van der Waals surface area contributed by atoms with E-state index in [0.29, 0.717) is 11.6 Å². The fourth-order valence-electron chi connectivity index (χ4n) is 2.92. The highest BCUT2D eigenvalue weighted by Gasteiger charge is 2.17. The number of carbonyl (C=O) groups excluding carboxylic acids is 2. The summed E-state index contributed by atoms with van der Waals surface area (Å²) in [6.07, 6.45) is 8.59. The van der Waals surface area contributed by atoms with Gasteiger partial charge in [-0.1, -0.05) is 86.6 Å². The van der Waals surface area contributed by atoms with Crippen molar-refractivity contribution in [3.05, 3.63) is 29.8 Å². The van der Waals surface area contributed by atoms with E-state index in [1.807, 2.05) is 31.2 Å². The average Bonchev–Trinajstić information content (AvgIpc) is 3.16. The highest BCUT2D eigenvalue weighted by atomic mass is 32.1. The number of nitrogens with one attached hydrogen (secondary N) is 2. The van der Waals surface area contributed by atoms with E-state index in [0.717, 1.165) is 23.4 Å². The van der Waals surface area contributed by atoms with Crippen LogP contribution in [0.25, 0.3) is 10.6 Å². The number of aromatic nitrogens is 2. The molecule has 1 aromatic carbocycles. The summed E-state index contributed by atoms with van der Waals surface area (Å²) in [4.78, 5) is 24.4. The number of unbranched alkanes of at least 4 members (excludes halogenated alkanes) is 6. The summed E-state index contributed by atoms with van der Waals surface area (Å²) in [6, 6.07) is 7.37. The van der Waals surface area contributed by atoms with Gasteiger partial charge in [0.05, 0.1) is 0 Å². The molecule has 1 heterocycles. The number of rotatable bonds is 12. The summed E-state index contributed by atoms with van der Waals surface area (Å²) in [6.45, 7) is 5.91. The van der Waals surface area contributed by atoms with Crippen molar-refractivity contribution in [2.45, 2.75) is 78.2 Å². The molecule has 1 unspecified atom stereocenters. The van der Waals surface area contributed by atoms with Crippen LogP contribution in [0.5, 0.6) is 0 Å². The van der Waals surface area contributed by atoms with Gasteiger partial charge >= 0.3 is 0 Å². The first-order chi connectivity index (χ1) is 14.0. The van der Waals surface area contributed by atoms with E-state index in [4.69, 9.17) is 0 Å². The van der Waals surface area contributed by atoms with Crippen LogP contribution in [0.2, 0.25) is 0 Å². The first kappa shape index (κ1) is 23.0. The maximum atomic E-state index is 12.3. The second-order valence-electron chi connectivity index (χ2n) is 7.43. The largest absolute Gasteiger partial charge is 0.345 e. The van der Waals surface area contributed by atoms with Gasteiger partial charge in [0.2, 0.25) is 16.9 Å². The van der Waals surface area contributed by atoms with E-state index < -0.39 is 6.04 Å². The van der Waals surface area contributed by atoms with Crippen LogP contribution in [0, 0.1) is 6.92 Å². The lowest BCUT2D eigenvalue weighted by Crippen LogP contribution is -2.41. The Kier molecular flexibility index (Phi) is 9.77. The van der Waals surface area contributed by atoms with Crippen LogP contribution >= 0.6 is 11.3 Å².